The van der Waals surface area contributed by atoms with Crippen LogP contribution in [0.3, 0.4) is 0 Å². The van der Waals surface area contributed by atoms with Crippen molar-refractivity contribution in [3.05, 3.63) is 45.7 Å². The van der Waals surface area contributed by atoms with Crippen LogP contribution in [-0.2, 0) is 37.0 Å². The van der Waals surface area contributed by atoms with Gasteiger partial charge >= 0.3 is 6.18 Å². The number of hydrogen-bond acceptors (Lipinski definition) is 10. The van der Waals surface area contributed by atoms with Crippen molar-refractivity contribution in [2.45, 2.75) is 24.5 Å². The van der Waals surface area contributed by atoms with Crippen molar-refractivity contribution in [1.82, 2.24) is 8.87 Å². The highest BCUT2D eigenvalue weighted by Crippen LogP contribution is 2.42. The van der Waals surface area contributed by atoms with Crippen molar-refractivity contribution >= 4 is 21.4 Å². The molecule has 16 heteroatoms. The largest absolute Gasteiger partial charge is 0.493 e. The third-order valence-corrected chi connectivity index (χ3v) is 7.37. The Balaban J connectivity index is 2.45. The molecule has 0 spiro atoms. The fraction of sp³-hybridized carbons (Fsp3) is 0.522. The van der Waals surface area contributed by atoms with Gasteiger partial charge < -0.3 is 24.4 Å². The molecule has 1 aromatic heterocycles. The number of ether oxygens (including phenoxy) is 3. The number of aromatic nitrogens is 1. The van der Waals surface area contributed by atoms with E-state index in [1.807, 2.05) is 0 Å². The average molecular weight is 581 g/mol. The third-order valence-electron chi connectivity index (χ3n) is 5.45. The first-order valence-corrected chi connectivity index (χ1v) is 13.1. The second-order valence-corrected chi connectivity index (χ2v) is 9.98. The van der Waals surface area contributed by atoms with E-state index in [2.05, 4.69) is 10.2 Å². The van der Waals surface area contributed by atoms with E-state index in [-0.39, 0.29) is 63.3 Å². The predicted molar refractivity (Wildman–Crippen MR) is 133 cm³/mol. The highest BCUT2D eigenvalue weighted by atomic mass is 32.2. The standard InChI is InChI=1S/C23H31F3N4O8S/c1-16-19(23(24,25)26)20(22(33)30(21(16)32)10-14-38-15-11-31)28-27-17-4-6-18(7-5-17)39(34,35)29(8-12-36-2)9-13-37-3/h4-7,31,33H,8-15H2,1-3H3/b28-27+. The maximum absolute atomic E-state index is 13.8. The quantitative estimate of drug-likeness (QED) is 0.241. The Labute approximate surface area is 223 Å². The van der Waals surface area contributed by atoms with Gasteiger partial charge in [0.2, 0.25) is 15.9 Å². The van der Waals surface area contributed by atoms with Gasteiger partial charge in [-0.15, -0.1) is 5.11 Å². The number of azo groups is 1. The second kappa shape index (κ2) is 14.5. The SMILES string of the molecule is COCCN(CCOC)S(=O)(=O)c1ccc(/N=N/c2c(C(F)(F)F)c(C)c(=O)n(CCOCCO)c2O)cc1. The summed E-state index contributed by atoms with van der Waals surface area (Å²) in [5.41, 5.74) is -4.24. The highest BCUT2D eigenvalue weighted by Gasteiger charge is 2.39. The monoisotopic (exact) mass is 580 g/mol. The number of aliphatic hydroxyl groups excluding tert-OH is 1. The fourth-order valence-electron chi connectivity index (χ4n) is 3.47. The number of pyridine rings is 1. The minimum Gasteiger partial charge on any atom is -0.493 e. The zero-order chi connectivity index (χ0) is 29.2. The summed E-state index contributed by atoms with van der Waals surface area (Å²) in [6.45, 7) is 0.553. The number of alkyl halides is 3. The van der Waals surface area contributed by atoms with E-state index in [4.69, 9.17) is 19.3 Å². The molecule has 0 aliphatic heterocycles. The molecule has 0 saturated carbocycles. The predicted octanol–water partition coefficient (Wildman–Crippen LogP) is 2.59. The Bertz CT molecular complexity index is 1270. The molecule has 0 bridgehead atoms. The van der Waals surface area contributed by atoms with Crippen molar-refractivity contribution in [3.8, 4) is 5.88 Å². The Kier molecular flexibility index (Phi) is 12.0. The van der Waals surface area contributed by atoms with Crippen molar-refractivity contribution < 1.29 is 46.0 Å². The number of hydrogen-bond donors (Lipinski definition) is 2. The molecule has 2 N–H and O–H groups in total. The van der Waals surface area contributed by atoms with Gasteiger partial charge in [0.25, 0.3) is 5.56 Å². The molecular weight excluding hydrogens is 549 g/mol. The first-order chi connectivity index (χ1) is 18.4. The Morgan fingerprint density at radius 2 is 1.59 bits per heavy atom. The van der Waals surface area contributed by atoms with Gasteiger partial charge in [-0.25, -0.2) is 8.42 Å². The molecular formula is C23H31F3N4O8S. The number of sulfonamides is 1. The molecule has 0 unspecified atom stereocenters. The molecule has 218 valence electrons. The number of benzene rings is 1. The summed E-state index contributed by atoms with van der Waals surface area (Å²) in [7, 11) is -1.08. The van der Waals surface area contributed by atoms with Crippen molar-refractivity contribution in [2.24, 2.45) is 10.2 Å². The van der Waals surface area contributed by atoms with Gasteiger partial charge in [-0.1, -0.05) is 0 Å². The molecule has 0 radical (unpaired) electrons. The second-order valence-electron chi connectivity index (χ2n) is 8.05. The van der Waals surface area contributed by atoms with Crippen LogP contribution in [0, 0.1) is 6.92 Å². The number of rotatable bonds is 15. The lowest BCUT2D eigenvalue weighted by atomic mass is 10.1. The Morgan fingerprint density at radius 1 is 1.00 bits per heavy atom. The number of nitrogens with zero attached hydrogens (tertiary/aromatic N) is 4. The molecule has 1 aromatic carbocycles. The van der Waals surface area contributed by atoms with E-state index in [1.54, 1.807) is 0 Å². The zero-order valence-electron chi connectivity index (χ0n) is 21.6. The molecule has 0 aliphatic carbocycles. The summed E-state index contributed by atoms with van der Waals surface area (Å²) >= 11 is 0. The van der Waals surface area contributed by atoms with Crippen LogP contribution < -0.4 is 5.56 Å². The van der Waals surface area contributed by atoms with Gasteiger partial charge in [0.05, 0.1) is 55.7 Å². The highest BCUT2D eigenvalue weighted by molar-refractivity contribution is 7.89. The van der Waals surface area contributed by atoms with Crippen molar-refractivity contribution in [2.75, 3.05) is 60.3 Å². The van der Waals surface area contributed by atoms with E-state index in [0.29, 0.717) is 4.57 Å². The van der Waals surface area contributed by atoms with Gasteiger partial charge in [-0.2, -0.15) is 22.6 Å². The van der Waals surface area contributed by atoms with Gasteiger partial charge in [-0.3, -0.25) is 9.36 Å². The first-order valence-electron chi connectivity index (χ1n) is 11.6. The Hall–Kier alpha value is -2.89. The molecule has 2 aromatic rings. The molecule has 0 atom stereocenters. The third kappa shape index (κ3) is 8.30. The molecule has 1 heterocycles. The van der Waals surface area contributed by atoms with Crippen LogP contribution in [-0.4, -0.2) is 87.8 Å². The van der Waals surface area contributed by atoms with Gasteiger partial charge in [0.1, 0.15) is 0 Å². The van der Waals surface area contributed by atoms with E-state index in [0.717, 1.165) is 6.92 Å². The minimum absolute atomic E-state index is 0.0107. The molecule has 0 aliphatic rings. The van der Waals surface area contributed by atoms with Crippen LogP contribution in [0.25, 0.3) is 0 Å². The van der Waals surface area contributed by atoms with E-state index in [9.17, 15) is 31.5 Å². The van der Waals surface area contributed by atoms with Crippen LogP contribution in [0.4, 0.5) is 24.5 Å². The van der Waals surface area contributed by atoms with Crippen LogP contribution in [0.1, 0.15) is 11.1 Å². The van der Waals surface area contributed by atoms with Crippen LogP contribution in [0.5, 0.6) is 5.88 Å². The maximum Gasteiger partial charge on any atom is 0.419 e. The topological polar surface area (TPSA) is 152 Å². The summed E-state index contributed by atoms with van der Waals surface area (Å²) in [6, 6.07) is 4.89. The summed E-state index contributed by atoms with van der Waals surface area (Å²) in [5.74, 6) is -1.07. The van der Waals surface area contributed by atoms with Crippen LogP contribution in [0.2, 0.25) is 0 Å². The molecule has 39 heavy (non-hydrogen) atoms. The normalized spacial score (nSPS) is 12.6. The van der Waals surface area contributed by atoms with Crippen molar-refractivity contribution in [3.63, 3.8) is 0 Å². The number of aliphatic hydroxyl groups is 1. The maximum atomic E-state index is 13.8. The van der Waals surface area contributed by atoms with Crippen LogP contribution >= 0.6 is 0 Å². The summed E-state index contributed by atoms with van der Waals surface area (Å²) in [4.78, 5) is 12.4. The lowest BCUT2D eigenvalue weighted by molar-refractivity contribution is -0.137. The van der Waals surface area contributed by atoms with E-state index < -0.39 is 44.5 Å². The summed E-state index contributed by atoms with van der Waals surface area (Å²) in [6.07, 6.45) is -5.03. The molecule has 0 amide bonds. The molecule has 0 fully saturated rings. The van der Waals surface area contributed by atoms with E-state index in [1.165, 1.54) is 42.8 Å². The average Bonchev–Trinajstić information content (AvgIpc) is 2.89. The fourth-order valence-corrected chi connectivity index (χ4v) is 4.88. The summed E-state index contributed by atoms with van der Waals surface area (Å²) in [5, 5.41) is 26.6. The zero-order valence-corrected chi connectivity index (χ0v) is 22.5. The number of aromatic hydroxyl groups is 1. The summed E-state index contributed by atoms with van der Waals surface area (Å²) < 4.78 is 84.3. The lowest BCUT2D eigenvalue weighted by Crippen LogP contribution is -2.36. The lowest BCUT2D eigenvalue weighted by Gasteiger charge is -2.21. The molecule has 2 rings (SSSR count). The van der Waals surface area contributed by atoms with Crippen molar-refractivity contribution in [1.29, 1.82) is 0 Å². The smallest absolute Gasteiger partial charge is 0.419 e. The van der Waals surface area contributed by atoms with Gasteiger partial charge in [0.15, 0.2) is 5.69 Å². The van der Waals surface area contributed by atoms with E-state index >= 15 is 0 Å². The van der Waals surface area contributed by atoms with Gasteiger partial charge in [0, 0.05) is 32.9 Å². The van der Waals surface area contributed by atoms with Gasteiger partial charge in [-0.05, 0) is 31.2 Å². The minimum atomic E-state index is -5.03. The number of halogens is 3. The first kappa shape index (κ1) is 32.3. The molecule has 12 nitrogen and oxygen atoms in total. The molecule has 0 saturated heterocycles. The van der Waals surface area contributed by atoms with Crippen LogP contribution in [0.15, 0.2) is 44.2 Å². The Morgan fingerprint density at radius 3 is 2.10 bits per heavy atom. The number of methoxy groups -OCH3 is 2.